The summed E-state index contributed by atoms with van der Waals surface area (Å²) in [5.74, 6) is -0.988. The number of ether oxygens (including phenoxy) is 2. The Morgan fingerprint density at radius 2 is 1.74 bits per heavy atom. The molecule has 0 heterocycles. The number of benzene rings is 1. The Hall–Kier alpha value is -2.04. The lowest BCUT2D eigenvalue weighted by molar-refractivity contribution is -0.161. The third-order valence-electron chi connectivity index (χ3n) is 2.01. The van der Waals surface area contributed by atoms with Gasteiger partial charge in [-0.3, -0.25) is 4.79 Å². The van der Waals surface area contributed by atoms with Crippen LogP contribution in [-0.4, -0.2) is 24.1 Å². The van der Waals surface area contributed by atoms with E-state index in [0.29, 0.717) is 18.0 Å². The number of amides is 1. The number of carbonyl (C=O) groups excluding carboxylic acids is 2. The van der Waals surface area contributed by atoms with Crippen molar-refractivity contribution in [3.63, 3.8) is 0 Å². The molecule has 0 bridgehead atoms. The van der Waals surface area contributed by atoms with Crippen LogP contribution in [0.15, 0.2) is 24.3 Å². The lowest BCUT2D eigenvalue weighted by Gasteiger charge is -2.18. The monoisotopic (exact) mass is 265 g/mol. The van der Waals surface area contributed by atoms with Crippen LogP contribution in [0.25, 0.3) is 0 Å². The molecule has 1 aromatic rings. The maximum atomic E-state index is 11.6. The fourth-order valence-corrected chi connectivity index (χ4v) is 1.31. The van der Waals surface area contributed by atoms with Crippen LogP contribution in [0.2, 0.25) is 0 Å². The second-order valence-electron chi connectivity index (χ2n) is 4.91. The first kappa shape index (κ1) is 15.0. The predicted molar refractivity (Wildman–Crippen MR) is 72.1 cm³/mol. The van der Waals surface area contributed by atoms with Gasteiger partial charge in [0.1, 0.15) is 11.4 Å². The molecular weight excluding hydrogens is 246 g/mol. The van der Waals surface area contributed by atoms with E-state index >= 15 is 0 Å². The summed E-state index contributed by atoms with van der Waals surface area (Å²) < 4.78 is 10.2. The van der Waals surface area contributed by atoms with Crippen LogP contribution in [0.4, 0.5) is 5.69 Å². The van der Waals surface area contributed by atoms with Crippen LogP contribution < -0.4 is 10.1 Å². The van der Waals surface area contributed by atoms with Gasteiger partial charge in [0.15, 0.2) is 0 Å². The standard InChI is InChI=1S/C14H19NO4/c1-5-18-11-8-6-10(7-9-11)15-12(16)13(17)19-14(2,3)4/h6-9H,5H2,1-4H3,(H,15,16). The number of nitrogens with one attached hydrogen (secondary N) is 1. The Morgan fingerprint density at radius 3 is 2.21 bits per heavy atom. The summed E-state index contributed by atoms with van der Waals surface area (Å²) in [5.41, 5.74) is -0.174. The molecule has 1 N–H and O–H groups in total. The third kappa shape index (κ3) is 5.42. The molecule has 0 fully saturated rings. The number of rotatable bonds is 3. The zero-order valence-electron chi connectivity index (χ0n) is 11.6. The van der Waals surface area contributed by atoms with Crippen molar-refractivity contribution in [3.05, 3.63) is 24.3 Å². The van der Waals surface area contributed by atoms with E-state index in [0.717, 1.165) is 0 Å². The molecule has 5 heteroatoms. The zero-order valence-corrected chi connectivity index (χ0v) is 11.6. The lowest BCUT2D eigenvalue weighted by Crippen LogP contribution is -2.32. The van der Waals surface area contributed by atoms with Crippen molar-refractivity contribution in [2.75, 3.05) is 11.9 Å². The first-order valence-corrected chi connectivity index (χ1v) is 6.09. The molecule has 0 aliphatic heterocycles. The maximum absolute atomic E-state index is 11.6. The van der Waals surface area contributed by atoms with Crippen molar-refractivity contribution in [3.8, 4) is 5.75 Å². The summed E-state index contributed by atoms with van der Waals surface area (Å²) in [5, 5.41) is 2.46. The second-order valence-corrected chi connectivity index (χ2v) is 4.91. The molecule has 0 spiro atoms. The van der Waals surface area contributed by atoms with Crippen LogP contribution in [0.3, 0.4) is 0 Å². The van der Waals surface area contributed by atoms with Gasteiger partial charge in [-0.05, 0) is 52.0 Å². The molecule has 0 aliphatic rings. The number of carbonyl (C=O) groups is 2. The summed E-state index contributed by atoms with van der Waals surface area (Å²) >= 11 is 0. The molecule has 1 aromatic carbocycles. The molecular formula is C14H19NO4. The van der Waals surface area contributed by atoms with Gasteiger partial charge in [0.2, 0.25) is 0 Å². The summed E-state index contributed by atoms with van der Waals surface area (Å²) in [7, 11) is 0. The second kappa shape index (κ2) is 6.22. The van der Waals surface area contributed by atoms with E-state index in [2.05, 4.69) is 5.32 Å². The SMILES string of the molecule is CCOc1ccc(NC(=O)C(=O)OC(C)(C)C)cc1. The van der Waals surface area contributed by atoms with Crippen molar-refractivity contribution >= 4 is 17.6 Å². The van der Waals surface area contributed by atoms with E-state index in [4.69, 9.17) is 9.47 Å². The van der Waals surface area contributed by atoms with Gasteiger partial charge in [-0.25, -0.2) is 4.79 Å². The third-order valence-corrected chi connectivity index (χ3v) is 2.01. The average molecular weight is 265 g/mol. The fraction of sp³-hybridized carbons (Fsp3) is 0.429. The molecule has 5 nitrogen and oxygen atoms in total. The molecule has 0 aliphatic carbocycles. The Labute approximate surface area is 112 Å². The molecule has 0 aromatic heterocycles. The molecule has 0 saturated carbocycles. The topological polar surface area (TPSA) is 64.6 Å². The number of anilines is 1. The predicted octanol–water partition coefficient (Wildman–Crippen LogP) is 2.37. The summed E-state index contributed by atoms with van der Waals surface area (Å²) in [6.45, 7) is 7.57. The van der Waals surface area contributed by atoms with Crippen molar-refractivity contribution < 1.29 is 19.1 Å². The van der Waals surface area contributed by atoms with E-state index in [1.54, 1.807) is 45.0 Å². The highest BCUT2D eigenvalue weighted by atomic mass is 16.6. The lowest BCUT2D eigenvalue weighted by atomic mass is 10.2. The number of esters is 1. The Kier molecular flexibility index (Phi) is 4.92. The van der Waals surface area contributed by atoms with Crippen LogP contribution in [-0.2, 0) is 14.3 Å². The van der Waals surface area contributed by atoms with E-state index in [1.165, 1.54) is 0 Å². The van der Waals surface area contributed by atoms with Gasteiger partial charge in [-0.1, -0.05) is 0 Å². The molecule has 0 unspecified atom stereocenters. The highest BCUT2D eigenvalue weighted by Gasteiger charge is 2.22. The quantitative estimate of drug-likeness (QED) is 0.673. The van der Waals surface area contributed by atoms with Crippen LogP contribution in [0.5, 0.6) is 5.75 Å². The van der Waals surface area contributed by atoms with Crippen molar-refractivity contribution in [2.24, 2.45) is 0 Å². The molecule has 104 valence electrons. The molecule has 0 saturated heterocycles. The van der Waals surface area contributed by atoms with Crippen LogP contribution in [0.1, 0.15) is 27.7 Å². The minimum Gasteiger partial charge on any atom is -0.494 e. The maximum Gasteiger partial charge on any atom is 0.397 e. The summed E-state index contributed by atoms with van der Waals surface area (Å²) in [4.78, 5) is 23.1. The minimum absolute atomic E-state index is 0.513. The first-order valence-electron chi connectivity index (χ1n) is 6.09. The van der Waals surface area contributed by atoms with E-state index in [1.807, 2.05) is 6.92 Å². The molecule has 19 heavy (non-hydrogen) atoms. The van der Waals surface area contributed by atoms with Gasteiger partial charge >= 0.3 is 11.9 Å². The van der Waals surface area contributed by atoms with Crippen molar-refractivity contribution in [1.82, 2.24) is 0 Å². The van der Waals surface area contributed by atoms with Gasteiger partial charge in [0.25, 0.3) is 0 Å². The van der Waals surface area contributed by atoms with Crippen LogP contribution >= 0.6 is 0 Å². The molecule has 0 atom stereocenters. The van der Waals surface area contributed by atoms with Gasteiger partial charge in [0, 0.05) is 5.69 Å². The van der Waals surface area contributed by atoms with Crippen molar-refractivity contribution in [2.45, 2.75) is 33.3 Å². The smallest absolute Gasteiger partial charge is 0.397 e. The van der Waals surface area contributed by atoms with Crippen LogP contribution in [0, 0.1) is 0 Å². The van der Waals surface area contributed by atoms with E-state index in [-0.39, 0.29) is 0 Å². The van der Waals surface area contributed by atoms with E-state index in [9.17, 15) is 9.59 Å². The summed E-state index contributed by atoms with van der Waals surface area (Å²) in [6.07, 6.45) is 0. The van der Waals surface area contributed by atoms with Gasteiger partial charge < -0.3 is 14.8 Å². The van der Waals surface area contributed by atoms with E-state index < -0.39 is 17.5 Å². The van der Waals surface area contributed by atoms with Gasteiger partial charge in [-0.2, -0.15) is 0 Å². The Morgan fingerprint density at radius 1 is 1.16 bits per heavy atom. The number of hydrogen-bond donors (Lipinski definition) is 1. The average Bonchev–Trinajstić information content (AvgIpc) is 2.29. The Balaban J connectivity index is 2.59. The highest BCUT2D eigenvalue weighted by Crippen LogP contribution is 2.16. The molecule has 0 radical (unpaired) electrons. The van der Waals surface area contributed by atoms with Crippen molar-refractivity contribution in [1.29, 1.82) is 0 Å². The minimum atomic E-state index is -0.901. The Bertz CT molecular complexity index is 446. The first-order chi connectivity index (χ1) is 8.81. The van der Waals surface area contributed by atoms with Gasteiger partial charge in [-0.15, -0.1) is 0 Å². The molecule has 1 amide bonds. The zero-order chi connectivity index (χ0) is 14.5. The van der Waals surface area contributed by atoms with Gasteiger partial charge in [0.05, 0.1) is 6.61 Å². The summed E-state index contributed by atoms with van der Waals surface area (Å²) in [6, 6.07) is 6.75. The fourth-order valence-electron chi connectivity index (χ4n) is 1.31. The highest BCUT2D eigenvalue weighted by molar-refractivity contribution is 6.37. The normalized spacial score (nSPS) is 10.7. The number of hydrogen-bond acceptors (Lipinski definition) is 4. The largest absolute Gasteiger partial charge is 0.494 e. The molecule has 1 rings (SSSR count).